The first kappa shape index (κ1) is 24.0. The number of rotatable bonds is 8. The smallest absolute Gasteiger partial charge is 0.325 e. The monoisotopic (exact) mass is 495 g/mol. The third-order valence-electron chi connectivity index (χ3n) is 5.32. The Labute approximate surface area is 206 Å². The van der Waals surface area contributed by atoms with Crippen LogP contribution < -0.4 is 10.1 Å². The van der Waals surface area contributed by atoms with E-state index in [0.29, 0.717) is 28.7 Å². The summed E-state index contributed by atoms with van der Waals surface area (Å²) < 4.78 is 15.7. The average Bonchev–Trinajstić information content (AvgIpc) is 3.56. The van der Waals surface area contributed by atoms with Crippen LogP contribution in [0.5, 0.6) is 5.75 Å². The van der Waals surface area contributed by atoms with Gasteiger partial charge in [-0.2, -0.15) is 5.10 Å². The van der Waals surface area contributed by atoms with E-state index in [9.17, 15) is 14.4 Å². The number of amides is 2. The van der Waals surface area contributed by atoms with E-state index in [2.05, 4.69) is 10.4 Å². The summed E-state index contributed by atoms with van der Waals surface area (Å²) in [5.74, 6) is -0.861. The minimum absolute atomic E-state index is 0.279. The Morgan fingerprint density at radius 2 is 1.89 bits per heavy atom. The van der Waals surface area contributed by atoms with Crippen molar-refractivity contribution in [2.24, 2.45) is 5.10 Å². The molecule has 9 nitrogen and oxygen atoms in total. The fourth-order valence-electron chi connectivity index (χ4n) is 3.60. The van der Waals surface area contributed by atoms with Gasteiger partial charge in [-0.1, -0.05) is 35.9 Å². The standard InChI is InChI=1S/C25H22ClN3O6/c1-33-21-6-3-2-5-18(21)25(32)27-14-24(31)35-15-23(30)29-20(22-7-4-12-34-22)13-19(28-29)16-8-10-17(26)11-9-16/h2-12,20H,13-15H2,1H3,(H,27,32). The molecule has 2 aromatic carbocycles. The number of esters is 1. The van der Waals surface area contributed by atoms with E-state index in [0.717, 1.165) is 5.56 Å². The molecule has 10 heteroatoms. The highest BCUT2D eigenvalue weighted by molar-refractivity contribution is 6.30. The van der Waals surface area contributed by atoms with Gasteiger partial charge in [0.2, 0.25) is 0 Å². The molecule has 180 valence electrons. The topological polar surface area (TPSA) is 110 Å². The molecule has 1 aromatic heterocycles. The number of halogens is 1. The minimum Gasteiger partial charge on any atom is -0.496 e. The van der Waals surface area contributed by atoms with Crippen LogP contribution in [-0.4, -0.2) is 48.8 Å². The second-order valence-corrected chi connectivity index (χ2v) is 8.01. The van der Waals surface area contributed by atoms with E-state index in [1.807, 2.05) is 12.1 Å². The minimum atomic E-state index is -0.766. The van der Waals surface area contributed by atoms with Crippen LogP contribution in [-0.2, 0) is 14.3 Å². The highest BCUT2D eigenvalue weighted by Crippen LogP contribution is 2.33. The number of nitrogens with zero attached hydrogens (tertiary/aromatic N) is 2. The van der Waals surface area contributed by atoms with Crippen LogP contribution in [0.3, 0.4) is 0 Å². The molecule has 0 fully saturated rings. The van der Waals surface area contributed by atoms with Crippen LogP contribution in [0.1, 0.15) is 34.1 Å². The van der Waals surface area contributed by atoms with E-state index in [-0.39, 0.29) is 5.56 Å². The summed E-state index contributed by atoms with van der Waals surface area (Å²) in [4.78, 5) is 37.4. The number of carbonyl (C=O) groups is 3. The van der Waals surface area contributed by atoms with Crippen molar-refractivity contribution in [2.75, 3.05) is 20.3 Å². The summed E-state index contributed by atoms with van der Waals surface area (Å²) in [5, 5.41) is 8.76. The van der Waals surface area contributed by atoms with Gasteiger partial charge in [0.25, 0.3) is 11.8 Å². The Balaban J connectivity index is 1.37. The van der Waals surface area contributed by atoms with Crippen molar-refractivity contribution >= 4 is 35.1 Å². The number of benzene rings is 2. The van der Waals surface area contributed by atoms with E-state index < -0.39 is 37.0 Å². The van der Waals surface area contributed by atoms with Crippen LogP contribution in [0.25, 0.3) is 0 Å². The molecule has 35 heavy (non-hydrogen) atoms. The molecule has 0 saturated carbocycles. The van der Waals surface area contributed by atoms with Gasteiger partial charge in [-0.05, 0) is 42.0 Å². The van der Waals surface area contributed by atoms with Gasteiger partial charge in [-0.3, -0.25) is 14.4 Å². The Morgan fingerprint density at radius 3 is 2.60 bits per heavy atom. The molecule has 0 radical (unpaired) electrons. The second-order valence-electron chi connectivity index (χ2n) is 7.57. The van der Waals surface area contributed by atoms with Crippen molar-refractivity contribution in [1.29, 1.82) is 0 Å². The fraction of sp³-hybridized carbons (Fsp3) is 0.200. The molecule has 1 atom stereocenters. The summed E-state index contributed by atoms with van der Waals surface area (Å²) in [7, 11) is 1.45. The quantitative estimate of drug-likeness (QED) is 0.478. The second kappa shape index (κ2) is 10.9. The van der Waals surface area contributed by atoms with E-state index in [1.54, 1.807) is 48.5 Å². The van der Waals surface area contributed by atoms with Gasteiger partial charge in [-0.25, -0.2) is 5.01 Å². The summed E-state index contributed by atoms with van der Waals surface area (Å²) in [6.07, 6.45) is 1.94. The van der Waals surface area contributed by atoms with Gasteiger partial charge in [0.1, 0.15) is 24.1 Å². The lowest BCUT2D eigenvalue weighted by Crippen LogP contribution is -2.34. The molecule has 2 amide bonds. The molecule has 1 N–H and O–H groups in total. The normalized spacial score (nSPS) is 14.9. The number of furan rings is 1. The van der Waals surface area contributed by atoms with Gasteiger partial charge >= 0.3 is 5.97 Å². The third kappa shape index (κ3) is 5.70. The fourth-order valence-corrected chi connectivity index (χ4v) is 3.72. The zero-order valence-corrected chi connectivity index (χ0v) is 19.5. The third-order valence-corrected chi connectivity index (χ3v) is 5.57. The lowest BCUT2D eigenvalue weighted by atomic mass is 10.0. The molecule has 3 aromatic rings. The maximum atomic E-state index is 12.9. The zero-order valence-electron chi connectivity index (χ0n) is 18.8. The zero-order chi connectivity index (χ0) is 24.8. The number of carbonyl (C=O) groups excluding carboxylic acids is 3. The number of hydrogen-bond donors (Lipinski definition) is 1. The summed E-state index contributed by atoms with van der Waals surface area (Å²) in [5.41, 5.74) is 1.77. The van der Waals surface area contributed by atoms with Crippen molar-refractivity contribution in [2.45, 2.75) is 12.5 Å². The highest BCUT2D eigenvalue weighted by Gasteiger charge is 2.35. The van der Waals surface area contributed by atoms with Gasteiger partial charge in [0.15, 0.2) is 6.61 Å². The summed E-state index contributed by atoms with van der Waals surface area (Å²) in [6, 6.07) is 16.7. The molecule has 4 rings (SSSR count). The molecule has 0 aliphatic carbocycles. The Bertz CT molecular complexity index is 1240. The van der Waals surface area contributed by atoms with E-state index in [4.69, 9.17) is 25.5 Å². The molecule has 0 spiro atoms. The SMILES string of the molecule is COc1ccccc1C(=O)NCC(=O)OCC(=O)N1N=C(c2ccc(Cl)cc2)CC1c1ccco1. The van der Waals surface area contributed by atoms with E-state index in [1.165, 1.54) is 18.4 Å². The Morgan fingerprint density at radius 1 is 1.11 bits per heavy atom. The van der Waals surface area contributed by atoms with Crippen LogP contribution in [0, 0.1) is 0 Å². The van der Waals surface area contributed by atoms with Gasteiger partial charge in [-0.15, -0.1) is 0 Å². The number of nitrogens with one attached hydrogen (secondary N) is 1. The Kier molecular flexibility index (Phi) is 7.47. The highest BCUT2D eigenvalue weighted by atomic mass is 35.5. The summed E-state index contributed by atoms with van der Waals surface area (Å²) >= 11 is 5.97. The van der Waals surface area contributed by atoms with Gasteiger partial charge in [0.05, 0.1) is 24.6 Å². The van der Waals surface area contributed by atoms with Gasteiger partial charge in [0, 0.05) is 11.4 Å². The predicted molar refractivity (Wildman–Crippen MR) is 127 cm³/mol. The van der Waals surface area contributed by atoms with Crippen molar-refractivity contribution in [3.8, 4) is 5.75 Å². The average molecular weight is 496 g/mol. The maximum absolute atomic E-state index is 12.9. The Hall–Kier alpha value is -4.11. The molecule has 1 aliphatic heterocycles. The first-order chi connectivity index (χ1) is 17.0. The number of methoxy groups -OCH3 is 1. The molecule has 2 heterocycles. The molecular weight excluding hydrogens is 474 g/mol. The van der Waals surface area contributed by atoms with Crippen LogP contribution in [0.4, 0.5) is 0 Å². The molecule has 1 aliphatic rings. The van der Waals surface area contributed by atoms with Gasteiger partial charge < -0.3 is 19.2 Å². The molecule has 1 unspecified atom stereocenters. The summed E-state index contributed by atoms with van der Waals surface area (Å²) in [6.45, 7) is -0.955. The molecule has 0 saturated heterocycles. The number of hydrazone groups is 1. The lowest BCUT2D eigenvalue weighted by molar-refractivity contribution is -0.152. The van der Waals surface area contributed by atoms with Crippen molar-refractivity contribution < 1.29 is 28.3 Å². The van der Waals surface area contributed by atoms with Crippen LogP contribution >= 0.6 is 11.6 Å². The first-order valence-corrected chi connectivity index (χ1v) is 11.1. The maximum Gasteiger partial charge on any atom is 0.325 e. The van der Waals surface area contributed by atoms with E-state index >= 15 is 0 Å². The molecule has 0 bridgehead atoms. The van der Waals surface area contributed by atoms with Crippen molar-refractivity contribution in [3.05, 3.63) is 88.8 Å². The molecular formula is C25H22ClN3O6. The van der Waals surface area contributed by atoms with Crippen LogP contribution in [0.2, 0.25) is 5.02 Å². The number of hydrogen-bond acceptors (Lipinski definition) is 7. The van der Waals surface area contributed by atoms with Crippen LogP contribution in [0.15, 0.2) is 76.4 Å². The number of ether oxygens (including phenoxy) is 2. The van der Waals surface area contributed by atoms with Crippen molar-refractivity contribution in [3.63, 3.8) is 0 Å². The largest absolute Gasteiger partial charge is 0.496 e. The lowest BCUT2D eigenvalue weighted by Gasteiger charge is -2.19. The first-order valence-electron chi connectivity index (χ1n) is 10.7. The number of para-hydroxylation sites is 1. The predicted octanol–water partition coefficient (Wildman–Crippen LogP) is 3.59. The van der Waals surface area contributed by atoms with Crippen molar-refractivity contribution in [1.82, 2.24) is 10.3 Å².